The molecule has 3 rings (SSSR count). The second-order valence-electron chi connectivity index (χ2n) is 6.05. The van der Waals surface area contributed by atoms with Gasteiger partial charge in [-0.05, 0) is 36.1 Å². The number of fused-ring (bicyclic) bond motifs is 1. The molecule has 0 atom stereocenters. The van der Waals surface area contributed by atoms with E-state index in [1.807, 2.05) is 48.7 Å². The molecule has 6 heteroatoms. The summed E-state index contributed by atoms with van der Waals surface area (Å²) in [7, 11) is 1.69. The molecular formula is C21H20N2O3S. The van der Waals surface area contributed by atoms with Gasteiger partial charge in [0.25, 0.3) is 5.91 Å². The predicted molar refractivity (Wildman–Crippen MR) is 107 cm³/mol. The predicted octanol–water partition coefficient (Wildman–Crippen LogP) is 3.77. The van der Waals surface area contributed by atoms with Crippen molar-refractivity contribution in [2.75, 3.05) is 19.9 Å². The van der Waals surface area contributed by atoms with Crippen LogP contribution in [0.1, 0.15) is 15.9 Å². The zero-order valence-corrected chi connectivity index (χ0v) is 16.0. The topological polar surface area (TPSA) is 59.5 Å². The molecule has 1 amide bonds. The highest BCUT2D eigenvalue weighted by Crippen LogP contribution is 2.17. The Morgan fingerprint density at radius 1 is 1.07 bits per heavy atom. The Kier molecular flexibility index (Phi) is 6.08. The van der Waals surface area contributed by atoms with Gasteiger partial charge < -0.3 is 9.64 Å². The highest BCUT2D eigenvalue weighted by molar-refractivity contribution is 7.98. The first-order valence-corrected chi connectivity index (χ1v) is 9.68. The molecule has 0 fully saturated rings. The quantitative estimate of drug-likeness (QED) is 0.481. The zero-order chi connectivity index (χ0) is 19.2. The van der Waals surface area contributed by atoms with Gasteiger partial charge in [-0.2, -0.15) is 0 Å². The van der Waals surface area contributed by atoms with E-state index in [4.69, 9.17) is 4.74 Å². The molecule has 0 N–H and O–H groups in total. The van der Waals surface area contributed by atoms with Crippen LogP contribution in [0, 0.1) is 0 Å². The number of ether oxygens (including phenoxy) is 1. The molecule has 3 aromatic rings. The second-order valence-corrected chi connectivity index (χ2v) is 6.93. The summed E-state index contributed by atoms with van der Waals surface area (Å²) in [6.07, 6.45) is 3.64. The minimum Gasteiger partial charge on any atom is -0.452 e. The molecule has 5 nitrogen and oxygen atoms in total. The van der Waals surface area contributed by atoms with Crippen LogP contribution < -0.4 is 0 Å². The lowest BCUT2D eigenvalue weighted by molar-refractivity contribution is -0.133. The Bertz CT molecular complexity index is 952. The maximum atomic E-state index is 12.4. The fourth-order valence-electron chi connectivity index (χ4n) is 2.68. The first-order chi connectivity index (χ1) is 13.1. The number of carbonyl (C=O) groups is 2. The van der Waals surface area contributed by atoms with Gasteiger partial charge in [-0.1, -0.05) is 30.3 Å². The van der Waals surface area contributed by atoms with E-state index >= 15 is 0 Å². The summed E-state index contributed by atoms with van der Waals surface area (Å²) in [6.45, 7) is 0.155. The molecule has 0 saturated heterocycles. The van der Waals surface area contributed by atoms with Crippen LogP contribution in [0.25, 0.3) is 10.9 Å². The van der Waals surface area contributed by atoms with Crippen molar-refractivity contribution in [3.05, 3.63) is 71.9 Å². The Balaban J connectivity index is 1.59. The van der Waals surface area contributed by atoms with Gasteiger partial charge >= 0.3 is 5.97 Å². The summed E-state index contributed by atoms with van der Waals surface area (Å²) in [4.78, 5) is 31.6. The number of para-hydroxylation sites is 1. The molecule has 0 aliphatic heterocycles. The Morgan fingerprint density at radius 3 is 2.56 bits per heavy atom. The molecule has 0 radical (unpaired) electrons. The number of rotatable bonds is 6. The standard InChI is InChI=1S/C21H20N2O3S/c1-23(13-15-8-10-17(27-2)11-9-15)19(24)14-26-21(25)18-7-3-5-16-6-4-12-22-20(16)18/h3-12H,13-14H2,1-2H3. The molecule has 0 spiro atoms. The first kappa shape index (κ1) is 18.9. The Morgan fingerprint density at radius 2 is 1.81 bits per heavy atom. The van der Waals surface area contributed by atoms with E-state index in [0.717, 1.165) is 10.9 Å². The summed E-state index contributed by atoms with van der Waals surface area (Å²) in [5, 5.41) is 0.851. The number of benzene rings is 2. The number of hydrogen-bond acceptors (Lipinski definition) is 5. The Labute approximate surface area is 162 Å². The van der Waals surface area contributed by atoms with E-state index in [0.29, 0.717) is 17.6 Å². The summed E-state index contributed by atoms with van der Waals surface area (Å²) in [6, 6.07) is 17.0. The molecule has 0 aliphatic carbocycles. The third-order valence-corrected chi connectivity index (χ3v) is 4.93. The van der Waals surface area contributed by atoms with Gasteiger partial charge in [0.05, 0.1) is 11.1 Å². The normalized spacial score (nSPS) is 10.6. The molecule has 0 aliphatic rings. The maximum Gasteiger partial charge on any atom is 0.340 e. The van der Waals surface area contributed by atoms with Gasteiger partial charge in [-0.15, -0.1) is 11.8 Å². The number of amides is 1. The summed E-state index contributed by atoms with van der Waals surface area (Å²) >= 11 is 1.67. The minimum atomic E-state index is -0.551. The highest BCUT2D eigenvalue weighted by atomic mass is 32.2. The van der Waals surface area contributed by atoms with Crippen molar-refractivity contribution in [1.82, 2.24) is 9.88 Å². The van der Waals surface area contributed by atoms with Crippen LogP contribution in [0.5, 0.6) is 0 Å². The number of likely N-dealkylation sites (N-methyl/N-ethyl adjacent to an activating group) is 1. The van der Waals surface area contributed by atoms with Gasteiger partial charge in [0.2, 0.25) is 0 Å². The molecule has 0 bridgehead atoms. The van der Waals surface area contributed by atoms with E-state index in [-0.39, 0.29) is 12.5 Å². The number of aromatic nitrogens is 1. The van der Waals surface area contributed by atoms with E-state index in [1.165, 1.54) is 4.90 Å². The summed E-state index contributed by atoms with van der Waals surface area (Å²) < 4.78 is 5.22. The average Bonchev–Trinajstić information content (AvgIpc) is 2.71. The highest BCUT2D eigenvalue weighted by Gasteiger charge is 2.16. The average molecular weight is 380 g/mol. The molecule has 2 aromatic carbocycles. The summed E-state index contributed by atoms with van der Waals surface area (Å²) in [5.41, 5.74) is 1.95. The van der Waals surface area contributed by atoms with Crippen molar-refractivity contribution in [3.63, 3.8) is 0 Å². The van der Waals surface area contributed by atoms with Gasteiger partial charge in [0.1, 0.15) is 0 Å². The van der Waals surface area contributed by atoms with Crippen molar-refractivity contribution < 1.29 is 14.3 Å². The van der Waals surface area contributed by atoms with Gasteiger partial charge in [-0.25, -0.2) is 4.79 Å². The number of carbonyl (C=O) groups excluding carboxylic acids is 2. The smallest absolute Gasteiger partial charge is 0.340 e. The number of hydrogen-bond donors (Lipinski definition) is 0. The molecule has 0 unspecified atom stereocenters. The number of esters is 1. The third kappa shape index (κ3) is 4.65. The summed E-state index contributed by atoms with van der Waals surface area (Å²) in [5.74, 6) is -0.809. The van der Waals surface area contributed by atoms with Crippen molar-refractivity contribution in [3.8, 4) is 0 Å². The largest absolute Gasteiger partial charge is 0.452 e. The van der Waals surface area contributed by atoms with Crippen molar-refractivity contribution in [2.24, 2.45) is 0 Å². The number of pyridine rings is 1. The molecular weight excluding hydrogens is 360 g/mol. The van der Waals surface area contributed by atoms with Crippen molar-refractivity contribution in [2.45, 2.75) is 11.4 Å². The zero-order valence-electron chi connectivity index (χ0n) is 15.2. The van der Waals surface area contributed by atoms with Crippen LogP contribution in [-0.4, -0.2) is 41.7 Å². The van der Waals surface area contributed by atoms with Crippen LogP contribution in [-0.2, 0) is 16.1 Å². The van der Waals surface area contributed by atoms with E-state index < -0.39 is 5.97 Å². The monoisotopic (exact) mass is 380 g/mol. The van der Waals surface area contributed by atoms with Gasteiger partial charge in [0.15, 0.2) is 6.61 Å². The second kappa shape index (κ2) is 8.68. The molecule has 138 valence electrons. The fraction of sp³-hybridized carbons (Fsp3) is 0.190. The minimum absolute atomic E-state index is 0.259. The van der Waals surface area contributed by atoms with Crippen LogP contribution >= 0.6 is 11.8 Å². The number of thioether (sulfide) groups is 1. The molecule has 1 heterocycles. The Hall–Kier alpha value is -2.86. The lowest BCUT2D eigenvalue weighted by atomic mass is 10.1. The SMILES string of the molecule is CSc1ccc(CN(C)C(=O)COC(=O)c2cccc3cccnc23)cc1. The van der Waals surface area contributed by atoms with Crippen molar-refractivity contribution >= 4 is 34.5 Å². The molecule has 0 saturated carbocycles. The van der Waals surface area contributed by atoms with Gasteiger partial charge in [-0.3, -0.25) is 9.78 Å². The van der Waals surface area contributed by atoms with Crippen LogP contribution in [0.4, 0.5) is 0 Å². The van der Waals surface area contributed by atoms with Crippen LogP contribution in [0.3, 0.4) is 0 Å². The van der Waals surface area contributed by atoms with Gasteiger partial charge in [0, 0.05) is 30.1 Å². The van der Waals surface area contributed by atoms with Crippen LogP contribution in [0.15, 0.2) is 65.7 Å². The lowest BCUT2D eigenvalue weighted by Crippen LogP contribution is -2.30. The van der Waals surface area contributed by atoms with Crippen LogP contribution in [0.2, 0.25) is 0 Å². The molecule has 27 heavy (non-hydrogen) atoms. The van der Waals surface area contributed by atoms with E-state index in [2.05, 4.69) is 4.98 Å². The van der Waals surface area contributed by atoms with E-state index in [1.54, 1.807) is 42.0 Å². The maximum absolute atomic E-state index is 12.4. The third-order valence-electron chi connectivity index (χ3n) is 4.18. The lowest BCUT2D eigenvalue weighted by Gasteiger charge is -2.17. The van der Waals surface area contributed by atoms with Crippen molar-refractivity contribution in [1.29, 1.82) is 0 Å². The van der Waals surface area contributed by atoms with E-state index in [9.17, 15) is 9.59 Å². The first-order valence-electron chi connectivity index (χ1n) is 8.46. The fourth-order valence-corrected chi connectivity index (χ4v) is 3.09. The number of nitrogens with zero attached hydrogens (tertiary/aromatic N) is 2. The molecule has 1 aromatic heterocycles.